The summed E-state index contributed by atoms with van der Waals surface area (Å²) < 4.78 is 5.62. The molecule has 0 saturated heterocycles. The lowest BCUT2D eigenvalue weighted by Gasteiger charge is -2.28. The van der Waals surface area contributed by atoms with E-state index < -0.39 is 5.60 Å². The van der Waals surface area contributed by atoms with Crippen molar-refractivity contribution in [2.75, 3.05) is 19.7 Å². The number of nitrogens with zero attached hydrogens (tertiary/aromatic N) is 1. The van der Waals surface area contributed by atoms with Crippen molar-refractivity contribution in [2.24, 2.45) is 0 Å². The zero-order valence-corrected chi connectivity index (χ0v) is 11.9. The molecular weight excluding hydrogens is 226 g/mol. The standard InChI is InChI=1S/C15H25NO2/c1-5-16(12-15(3,4)17)11-13-9-7-8-10-14(13)18-6-2/h7-10,17H,5-6,11-12H2,1-4H3. The summed E-state index contributed by atoms with van der Waals surface area (Å²) in [6, 6.07) is 8.09. The van der Waals surface area contributed by atoms with Gasteiger partial charge in [-0.15, -0.1) is 0 Å². The summed E-state index contributed by atoms with van der Waals surface area (Å²) in [7, 11) is 0. The predicted octanol–water partition coefficient (Wildman–Crippen LogP) is 2.68. The van der Waals surface area contributed by atoms with Crippen LogP contribution in [-0.2, 0) is 6.54 Å². The SMILES string of the molecule is CCOc1ccccc1CN(CC)CC(C)(C)O. The summed E-state index contributed by atoms with van der Waals surface area (Å²) in [6.07, 6.45) is 0. The number of likely N-dealkylation sites (N-methyl/N-ethyl adjacent to an activating group) is 1. The van der Waals surface area contributed by atoms with Gasteiger partial charge in [0.15, 0.2) is 0 Å². The average molecular weight is 251 g/mol. The maximum atomic E-state index is 9.90. The van der Waals surface area contributed by atoms with E-state index in [1.165, 1.54) is 5.56 Å². The van der Waals surface area contributed by atoms with Gasteiger partial charge in [0.25, 0.3) is 0 Å². The number of para-hydroxylation sites is 1. The maximum absolute atomic E-state index is 9.90. The van der Waals surface area contributed by atoms with E-state index in [1.54, 1.807) is 0 Å². The van der Waals surface area contributed by atoms with Crippen molar-refractivity contribution in [2.45, 2.75) is 39.8 Å². The first-order valence-electron chi connectivity index (χ1n) is 6.61. The van der Waals surface area contributed by atoms with Crippen LogP contribution in [0.25, 0.3) is 0 Å². The Morgan fingerprint density at radius 3 is 2.44 bits per heavy atom. The van der Waals surface area contributed by atoms with Gasteiger partial charge in [-0.05, 0) is 33.4 Å². The Morgan fingerprint density at radius 1 is 1.22 bits per heavy atom. The highest BCUT2D eigenvalue weighted by atomic mass is 16.5. The summed E-state index contributed by atoms with van der Waals surface area (Å²) in [6.45, 7) is 10.8. The van der Waals surface area contributed by atoms with Gasteiger partial charge in [0, 0.05) is 18.7 Å². The van der Waals surface area contributed by atoms with Crippen molar-refractivity contribution in [1.29, 1.82) is 0 Å². The van der Waals surface area contributed by atoms with Crippen LogP contribution in [0.5, 0.6) is 5.75 Å². The van der Waals surface area contributed by atoms with Crippen molar-refractivity contribution in [1.82, 2.24) is 4.90 Å². The lowest BCUT2D eigenvalue weighted by molar-refractivity contribution is 0.0350. The molecule has 0 heterocycles. The normalized spacial score (nSPS) is 11.9. The van der Waals surface area contributed by atoms with Gasteiger partial charge in [0.2, 0.25) is 0 Å². The van der Waals surface area contributed by atoms with E-state index in [4.69, 9.17) is 4.74 Å². The third-order valence-electron chi connectivity index (χ3n) is 2.72. The minimum Gasteiger partial charge on any atom is -0.494 e. The van der Waals surface area contributed by atoms with Gasteiger partial charge in [-0.1, -0.05) is 25.1 Å². The van der Waals surface area contributed by atoms with E-state index in [-0.39, 0.29) is 0 Å². The van der Waals surface area contributed by atoms with Crippen LogP contribution >= 0.6 is 0 Å². The van der Waals surface area contributed by atoms with E-state index in [2.05, 4.69) is 17.9 Å². The lowest BCUT2D eigenvalue weighted by Crippen LogP contribution is -2.38. The molecule has 0 aliphatic carbocycles. The fourth-order valence-electron chi connectivity index (χ4n) is 2.00. The number of rotatable bonds is 7. The van der Waals surface area contributed by atoms with Crippen LogP contribution in [0.1, 0.15) is 33.3 Å². The molecule has 0 saturated carbocycles. The molecule has 0 fully saturated rings. The Labute approximate surface area is 110 Å². The highest BCUT2D eigenvalue weighted by Crippen LogP contribution is 2.20. The van der Waals surface area contributed by atoms with Crippen molar-refractivity contribution in [3.63, 3.8) is 0 Å². The Morgan fingerprint density at radius 2 is 1.89 bits per heavy atom. The molecule has 3 heteroatoms. The molecule has 0 aliphatic heterocycles. The molecular formula is C15H25NO2. The second-order valence-corrected chi connectivity index (χ2v) is 5.16. The topological polar surface area (TPSA) is 32.7 Å². The molecule has 1 aromatic carbocycles. The molecule has 0 radical (unpaired) electrons. The van der Waals surface area contributed by atoms with Gasteiger partial charge in [0.05, 0.1) is 12.2 Å². The molecule has 0 aliphatic rings. The zero-order chi connectivity index (χ0) is 13.6. The van der Waals surface area contributed by atoms with Gasteiger partial charge in [-0.3, -0.25) is 4.90 Å². The van der Waals surface area contributed by atoms with Gasteiger partial charge in [-0.25, -0.2) is 0 Å². The minimum atomic E-state index is -0.670. The molecule has 0 atom stereocenters. The molecule has 1 rings (SSSR count). The second-order valence-electron chi connectivity index (χ2n) is 5.16. The van der Waals surface area contributed by atoms with Crippen molar-refractivity contribution < 1.29 is 9.84 Å². The number of benzene rings is 1. The number of ether oxygens (including phenoxy) is 1. The quantitative estimate of drug-likeness (QED) is 0.808. The third-order valence-corrected chi connectivity index (χ3v) is 2.72. The molecule has 0 unspecified atom stereocenters. The van der Waals surface area contributed by atoms with Crippen LogP contribution < -0.4 is 4.74 Å². The molecule has 18 heavy (non-hydrogen) atoms. The van der Waals surface area contributed by atoms with Crippen LogP contribution in [0.3, 0.4) is 0 Å². The van der Waals surface area contributed by atoms with E-state index in [0.29, 0.717) is 13.2 Å². The first-order chi connectivity index (χ1) is 8.46. The summed E-state index contributed by atoms with van der Waals surface area (Å²) >= 11 is 0. The molecule has 0 spiro atoms. The number of hydrogen-bond acceptors (Lipinski definition) is 3. The van der Waals surface area contributed by atoms with Crippen LogP contribution in [-0.4, -0.2) is 35.3 Å². The van der Waals surface area contributed by atoms with Crippen molar-refractivity contribution >= 4 is 0 Å². The van der Waals surface area contributed by atoms with Gasteiger partial charge >= 0.3 is 0 Å². The largest absolute Gasteiger partial charge is 0.494 e. The molecule has 3 nitrogen and oxygen atoms in total. The summed E-state index contributed by atoms with van der Waals surface area (Å²) in [5, 5.41) is 9.90. The molecule has 0 amide bonds. The number of aliphatic hydroxyl groups is 1. The van der Waals surface area contributed by atoms with Crippen molar-refractivity contribution in [3.05, 3.63) is 29.8 Å². The smallest absolute Gasteiger partial charge is 0.123 e. The maximum Gasteiger partial charge on any atom is 0.123 e. The highest BCUT2D eigenvalue weighted by Gasteiger charge is 2.18. The van der Waals surface area contributed by atoms with Crippen LogP contribution in [0.2, 0.25) is 0 Å². The van der Waals surface area contributed by atoms with Crippen molar-refractivity contribution in [3.8, 4) is 5.75 Å². The monoisotopic (exact) mass is 251 g/mol. The van der Waals surface area contributed by atoms with Gasteiger partial charge in [-0.2, -0.15) is 0 Å². The molecule has 0 aromatic heterocycles. The molecule has 1 aromatic rings. The second kappa shape index (κ2) is 6.76. The van der Waals surface area contributed by atoms with Gasteiger partial charge in [0.1, 0.15) is 5.75 Å². The minimum absolute atomic E-state index is 0.657. The summed E-state index contributed by atoms with van der Waals surface area (Å²) in [5.74, 6) is 0.939. The summed E-state index contributed by atoms with van der Waals surface area (Å²) in [4.78, 5) is 2.22. The number of hydrogen-bond donors (Lipinski definition) is 1. The highest BCUT2D eigenvalue weighted by molar-refractivity contribution is 5.33. The summed E-state index contributed by atoms with van der Waals surface area (Å²) in [5.41, 5.74) is 0.502. The van der Waals surface area contributed by atoms with E-state index in [1.807, 2.05) is 39.0 Å². The first kappa shape index (κ1) is 15.0. The van der Waals surface area contributed by atoms with Crippen LogP contribution in [0.4, 0.5) is 0 Å². The average Bonchev–Trinajstić information content (AvgIpc) is 2.29. The first-order valence-corrected chi connectivity index (χ1v) is 6.61. The van der Waals surface area contributed by atoms with E-state index in [0.717, 1.165) is 18.8 Å². The molecule has 102 valence electrons. The van der Waals surface area contributed by atoms with Crippen LogP contribution in [0, 0.1) is 0 Å². The molecule has 1 N–H and O–H groups in total. The third kappa shape index (κ3) is 5.07. The van der Waals surface area contributed by atoms with E-state index >= 15 is 0 Å². The lowest BCUT2D eigenvalue weighted by atomic mass is 10.1. The predicted molar refractivity (Wildman–Crippen MR) is 74.9 cm³/mol. The fraction of sp³-hybridized carbons (Fsp3) is 0.600. The molecule has 0 bridgehead atoms. The Balaban J connectivity index is 2.75. The Kier molecular flexibility index (Phi) is 5.63. The Bertz CT molecular complexity index is 358. The van der Waals surface area contributed by atoms with Gasteiger partial charge < -0.3 is 9.84 Å². The zero-order valence-electron chi connectivity index (χ0n) is 11.9. The Hall–Kier alpha value is -1.06. The fourth-order valence-corrected chi connectivity index (χ4v) is 2.00. The van der Waals surface area contributed by atoms with E-state index in [9.17, 15) is 5.11 Å². The van der Waals surface area contributed by atoms with Crippen LogP contribution in [0.15, 0.2) is 24.3 Å².